The van der Waals surface area contributed by atoms with E-state index in [0.717, 1.165) is 49.0 Å². The van der Waals surface area contributed by atoms with Crippen LogP contribution in [-0.2, 0) is 12.7 Å². The molecule has 0 N–H and O–H groups in total. The number of piperazine rings is 1. The molecule has 0 saturated carbocycles. The van der Waals surface area contributed by atoms with Gasteiger partial charge in [0.05, 0.1) is 5.52 Å². The molecule has 1 aliphatic heterocycles. The Balaban J connectivity index is 1.45. The van der Waals surface area contributed by atoms with Gasteiger partial charge < -0.3 is 4.90 Å². The van der Waals surface area contributed by atoms with Crippen LogP contribution < -0.4 is 4.90 Å². The summed E-state index contributed by atoms with van der Waals surface area (Å²) in [7, 11) is 0. The first-order chi connectivity index (χ1) is 13.4. The van der Waals surface area contributed by atoms with Crippen LogP contribution in [0.5, 0.6) is 0 Å². The summed E-state index contributed by atoms with van der Waals surface area (Å²) in [6.45, 7) is 3.33. The van der Waals surface area contributed by atoms with Gasteiger partial charge in [-0.05, 0) is 35.9 Å². The number of anilines is 1. The zero-order valence-electron chi connectivity index (χ0n) is 14.8. The van der Waals surface area contributed by atoms with Crippen LogP contribution in [0.15, 0.2) is 42.9 Å². The number of halogens is 4. The van der Waals surface area contributed by atoms with Gasteiger partial charge in [-0.2, -0.15) is 13.2 Å². The number of nitrogens with zero attached hydrogens (tertiary/aromatic N) is 5. The van der Waals surface area contributed by atoms with E-state index in [9.17, 15) is 13.2 Å². The van der Waals surface area contributed by atoms with Crippen LogP contribution >= 0.6 is 11.6 Å². The van der Waals surface area contributed by atoms with Gasteiger partial charge in [0.1, 0.15) is 17.8 Å². The molecule has 28 heavy (non-hydrogen) atoms. The van der Waals surface area contributed by atoms with Crippen molar-refractivity contribution in [1.29, 1.82) is 0 Å². The molecule has 0 unspecified atom stereocenters. The molecule has 1 aliphatic rings. The Bertz CT molecular complexity index is 987. The first-order valence-electron chi connectivity index (χ1n) is 8.80. The van der Waals surface area contributed by atoms with Crippen molar-refractivity contribution in [3.63, 3.8) is 0 Å². The normalized spacial score (nSPS) is 15.9. The lowest BCUT2D eigenvalue weighted by Crippen LogP contribution is -2.46. The van der Waals surface area contributed by atoms with E-state index in [1.54, 1.807) is 12.1 Å². The summed E-state index contributed by atoms with van der Waals surface area (Å²) in [5.74, 6) is 0.829. The van der Waals surface area contributed by atoms with Crippen molar-refractivity contribution in [2.75, 3.05) is 31.1 Å². The molecule has 0 atom stereocenters. The largest absolute Gasteiger partial charge is 0.433 e. The quantitative estimate of drug-likeness (QED) is 0.656. The molecule has 0 bridgehead atoms. The average molecular weight is 408 g/mol. The van der Waals surface area contributed by atoms with Gasteiger partial charge in [-0.3, -0.25) is 9.88 Å². The molecule has 0 radical (unpaired) electrons. The maximum atomic E-state index is 12.8. The van der Waals surface area contributed by atoms with Gasteiger partial charge in [0, 0.05) is 49.3 Å². The maximum absolute atomic E-state index is 12.8. The molecule has 146 valence electrons. The lowest BCUT2D eigenvalue weighted by molar-refractivity contribution is -0.141. The maximum Gasteiger partial charge on any atom is 0.433 e. The fraction of sp³-hybridized carbons (Fsp3) is 0.316. The summed E-state index contributed by atoms with van der Waals surface area (Å²) in [4.78, 5) is 16.4. The number of hydrogen-bond acceptors (Lipinski definition) is 5. The van der Waals surface area contributed by atoms with Gasteiger partial charge in [-0.25, -0.2) is 9.97 Å². The monoisotopic (exact) mass is 407 g/mol. The molecular weight excluding hydrogens is 391 g/mol. The first kappa shape index (κ1) is 18.9. The number of alkyl halides is 3. The lowest BCUT2D eigenvalue weighted by Gasteiger charge is -2.35. The molecule has 2 aromatic heterocycles. The highest BCUT2D eigenvalue weighted by Crippen LogP contribution is 2.29. The van der Waals surface area contributed by atoms with E-state index in [0.29, 0.717) is 17.1 Å². The van der Waals surface area contributed by atoms with Crippen LogP contribution in [0.3, 0.4) is 0 Å². The van der Waals surface area contributed by atoms with Crippen molar-refractivity contribution in [2.24, 2.45) is 0 Å². The Morgan fingerprint density at radius 3 is 2.50 bits per heavy atom. The number of benzene rings is 1. The lowest BCUT2D eigenvalue weighted by atomic mass is 10.2. The third-order valence-corrected chi connectivity index (χ3v) is 5.00. The highest BCUT2D eigenvalue weighted by Gasteiger charge is 2.32. The van der Waals surface area contributed by atoms with E-state index < -0.39 is 11.9 Å². The molecular formula is C19H17ClF3N5. The summed E-state index contributed by atoms with van der Waals surface area (Å²) in [5, 5.41) is 1.52. The summed E-state index contributed by atoms with van der Waals surface area (Å²) in [6.07, 6.45) is -1.68. The van der Waals surface area contributed by atoms with E-state index in [4.69, 9.17) is 11.6 Å². The van der Waals surface area contributed by atoms with Gasteiger partial charge >= 0.3 is 6.18 Å². The molecule has 4 rings (SSSR count). The van der Waals surface area contributed by atoms with Crippen LogP contribution in [0.1, 0.15) is 11.3 Å². The number of fused-ring (bicyclic) bond motifs is 1. The zero-order valence-corrected chi connectivity index (χ0v) is 15.6. The summed E-state index contributed by atoms with van der Waals surface area (Å²) < 4.78 is 38.5. The number of pyridine rings is 1. The van der Waals surface area contributed by atoms with Crippen LogP contribution in [0.25, 0.3) is 10.9 Å². The summed E-state index contributed by atoms with van der Waals surface area (Å²) >= 11 is 6.12. The standard InChI is InChI=1S/C19H17ClF3N5/c20-14-1-2-16-15(10-14)18(26-12-25-16)28-7-5-27(6-8-28)11-13-3-4-24-17(9-13)19(21,22)23/h1-4,9-10,12H,5-8,11H2. The molecule has 3 aromatic rings. The van der Waals surface area contributed by atoms with Crippen LogP contribution in [-0.4, -0.2) is 46.0 Å². The fourth-order valence-electron chi connectivity index (χ4n) is 3.37. The SMILES string of the molecule is FC(F)(F)c1cc(CN2CCN(c3ncnc4ccc(Cl)cc34)CC2)ccn1. The number of rotatable bonds is 3. The second-order valence-corrected chi connectivity index (χ2v) is 7.11. The van der Waals surface area contributed by atoms with Crippen LogP contribution in [0, 0.1) is 0 Å². The third-order valence-electron chi connectivity index (χ3n) is 4.77. The second-order valence-electron chi connectivity index (χ2n) is 6.67. The summed E-state index contributed by atoms with van der Waals surface area (Å²) in [6, 6.07) is 8.26. The minimum atomic E-state index is -4.43. The Labute approximate surface area is 164 Å². The first-order valence-corrected chi connectivity index (χ1v) is 9.18. The predicted octanol–water partition coefficient (Wildman–Crippen LogP) is 4.02. The van der Waals surface area contributed by atoms with Gasteiger partial charge in [-0.15, -0.1) is 0 Å². The van der Waals surface area contributed by atoms with E-state index in [2.05, 4.69) is 24.8 Å². The Hall–Kier alpha value is -2.45. The van der Waals surface area contributed by atoms with Crippen molar-refractivity contribution in [2.45, 2.75) is 12.7 Å². The molecule has 3 heterocycles. The molecule has 1 aromatic carbocycles. The fourth-order valence-corrected chi connectivity index (χ4v) is 3.54. The van der Waals surface area contributed by atoms with Gasteiger partial charge in [0.25, 0.3) is 0 Å². The van der Waals surface area contributed by atoms with Crippen LogP contribution in [0.2, 0.25) is 5.02 Å². The Morgan fingerprint density at radius 2 is 1.75 bits per heavy atom. The molecule has 9 heteroatoms. The smallest absolute Gasteiger partial charge is 0.353 e. The van der Waals surface area contributed by atoms with Gasteiger partial charge in [0.15, 0.2) is 0 Å². The van der Waals surface area contributed by atoms with Crippen molar-refractivity contribution >= 4 is 28.3 Å². The van der Waals surface area contributed by atoms with E-state index in [1.165, 1.54) is 12.5 Å². The average Bonchev–Trinajstić information content (AvgIpc) is 2.68. The van der Waals surface area contributed by atoms with E-state index in [1.807, 2.05) is 12.1 Å². The molecule has 1 fully saturated rings. The highest BCUT2D eigenvalue weighted by atomic mass is 35.5. The van der Waals surface area contributed by atoms with Crippen molar-refractivity contribution < 1.29 is 13.2 Å². The van der Waals surface area contributed by atoms with Crippen molar-refractivity contribution in [1.82, 2.24) is 19.9 Å². The van der Waals surface area contributed by atoms with Crippen molar-refractivity contribution in [3.05, 3.63) is 59.1 Å². The summed E-state index contributed by atoms with van der Waals surface area (Å²) in [5.41, 5.74) is 0.580. The third kappa shape index (κ3) is 4.02. The minimum Gasteiger partial charge on any atom is -0.353 e. The molecule has 0 spiro atoms. The Morgan fingerprint density at radius 1 is 0.964 bits per heavy atom. The van der Waals surface area contributed by atoms with Gasteiger partial charge in [0.2, 0.25) is 0 Å². The van der Waals surface area contributed by atoms with Gasteiger partial charge in [-0.1, -0.05) is 11.6 Å². The van der Waals surface area contributed by atoms with Crippen molar-refractivity contribution in [3.8, 4) is 0 Å². The van der Waals surface area contributed by atoms with E-state index in [-0.39, 0.29) is 0 Å². The highest BCUT2D eigenvalue weighted by molar-refractivity contribution is 6.31. The topological polar surface area (TPSA) is 45.2 Å². The second kappa shape index (κ2) is 7.52. The number of aromatic nitrogens is 3. The predicted molar refractivity (Wildman–Crippen MR) is 101 cm³/mol. The van der Waals surface area contributed by atoms with E-state index >= 15 is 0 Å². The minimum absolute atomic E-state index is 0.454. The molecule has 0 aliphatic carbocycles. The molecule has 5 nitrogen and oxygen atoms in total. The molecule has 0 amide bonds. The Kier molecular flexibility index (Phi) is 5.07. The zero-order chi connectivity index (χ0) is 19.7. The molecule has 1 saturated heterocycles. The van der Waals surface area contributed by atoms with Crippen LogP contribution in [0.4, 0.5) is 19.0 Å². The number of hydrogen-bond donors (Lipinski definition) is 0.